The summed E-state index contributed by atoms with van der Waals surface area (Å²) in [6.45, 7) is 1.00. The van der Waals surface area contributed by atoms with Gasteiger partial charge in [-0.15, -0.1) is 11.3 Å². The third kappa shape index (κ3) is 3.90. The van der Waals surface area contributed by atoms with Gasteiger partial charge in [-0.3, -0.25) is 9.59 Å². The minimum atomic E-state index is -0.978. The second-order valence-electron chi connectivity index (χ2n) is 7.32. The Morgan fingerprint density at radius 1 is 1.24 bits per heavy atom. The van der Waals surface area contributed by atoms with Crippen LogP contribution in [0.4, 0.5) is 0 Å². The van der Waals surface area contributed by atoms with Crippen LogP contribution in [0, 0.1) is 5.41 Å². The maximum atomic E-state index is 13.0. The molecule has 0 radical (unpaired) electrons. The Morgan fingerprint density at radius 3 is 2.72 bits per heavy atom. The van der Waals surface area contributed by atoms with Crippen LogP contribution in [0.5, 0.6) is 0 Å². The summed E-state index contributed by atoms with van der Waals surface area (Å²) in [5.41, 5.74) is 0.348. The molecule has 6 heteroatoms. The summed E-state index contributed by atoms with van der Waals surface area (Å²) in [4.78, 5) is 28.6. The van der Waals surface area contributed by atoms with Crippen molar-refractivity contribution in [2.24, 2.45) is 5.41 Å². The second kappa shape index (κ2) is 7.87. The van der Waals surface area contributed by atoms with Gasteiger partial charge in [-0.05, 0) is 50.2 Å². The molecule has 0 bridgehead atoms. The van der Waals surface area contributed by atoms with Gasteiger partial charge in [0, 0.05) is 25.1 Å². The minimum absolute atomic E-state index is 0.0156. The molecule has 1 N–H and O–H groups in total. The zero-order valence-electron chi connectivity index (χ0n) is 14.9. The van der Waals surface area contributed by atoms with E-state index in [0.29, 0.717) is 19.4 Å². The number of aryl methyl sites for hydroxylation is 2. The lowest BCUT2D eigenvalue weighted by atomic mass is 9.80. The number of carbonyl (C=O) groups excluding carboxylic acids is 1. The predicted octanol–water partition coefficient (Wildman–Crippen LogP) is 3.36. The predicted molar refractivity (Wildman–Crippen MR) is 97.3 cm³/mol. The van der Waals surface area contributed by atoms with Crippen LogP contribution in [0.1, 0.15) is 58.6 Å². The van der Waals surface area contributed by atoms with Crippen molar-refractivity contribution in [2.75, 3.05) is 26.8 Å². The maximum absolute atomic E-state index is 13.0. The lowest BCUT2D eigenvalue weighted by molar-refractivity contribution is -0.155. The molecule has 1 aromatic rings. The number of aliphatic carboxylic acids is 1. The number of ether oxygens (including phenoxy) is 1. The van der Waals surface area contributed by atoms with E-state index in [9.17, 15) is 14.7 Å². The molecule has 1 aromatic heterocycles. The third-order valence-corrected chi connectivity index (χ3v) is 6.67. The van der Waals surface area contributed by atoms with Crippen LogP contribution >= 0.6 is 11.3 Å². The van der Waals surface area contributed by atoms with Gasteiger partial charge in [0.25, 0.3) is 5.91 Å². The van der Waals surface area contributed by atoms with Crippen LogP contribution in [0.2, 0.25) is 0 Å². The minimum Gasteiger partial charge on any atom is -0.481 e. The van der Waals surface area contributed by atoms with Crippen molar-refractivity contribution >= 4 is 23.2 Å². The number of hydrogen-bond acceptors (Lipinski definition) is 4. The number of methoxy groups -OCH3 is 1. The topological polar surface area (TPSA) is 66.8 Å². The van der Waals surface area contributed by atoms with Gasteiger partial charge in [0.2, 0.25) is 0 Å². The van der Waals surface area contributed by atoms with Crippen molar-refractivity contribution in [1.29, 1.82) is 0 Å². The Balaban J connectivity index is 1.78. The molecule has 3 rings (SSSR count). The Hall–Kier alpha value is -1.40. The highest BCUT2D eigenvalue weighted by Crippen LogP contribution is 2.34. The van der Waals surface area contributed by atoms with Gasteiger partial charge in [0.15, 0.2) is 0 Å². The summed E-state index contributed by atoms with van der Waals surface area (Å²) >= 11 is 1.61. The number of likely N-dealkylation sites (tertiary alicyclic amines) is 1. The highest BCUT2D eigenvalue weighted by molar-refractivity contribution is 7.14. The highest BCUT2D eigenvalue weighted by Gasteiger charge is 2.44. The summed E-state index contributed by atoms with van der Waals surface area (Å²) in [7, 11) is 1.52. The zero-order valence-corrected chi connectivity index (χ0v) is 15.7. The first-order valence-corrected chi connectivity index (χ1v) is 10.0. The van der Waals surface area contributed by atoms with E-state index in [4.69, 9.17) is 4.74 Å². The smallest absolute Gasteiger partial charge is 0.313 e. The summed E-state index contributed by atoms with van der Waals surface area (Å²) in [6.07, 6.45) is 8.30. The SMILES string of the molecule is COCC1(C(=O)O)CCCN(C(=O)c2cc3c(s2)CCCCCC3)C1. The highest BCUT2D eigenvalue weighted by atomic mass is 32.1. The largest absolute Gasteiger partial charge is 0.481 e. The number of carboxylic acid groups (broad SMARTS) is 1. The molecule has 1 fully saturated rings. The lowest BCUT2D eigenvalue weighted by Crippen LogP contribution is -2.52. The van der Waals surface area contributed by atoms with Gasteiger partial charge in [-0.25, -0.2) is 0 Å². The molecule has 25 heavy (non-hydrogen) atoms. The molecule has 2 heterocycles. The normalized spacial score (nSPS) is 24.3. The first-order chi connectivity index (χ1) is 12.1. The van der Waals surface area contributed by atoms with Crippen LogP contribution in [0.3, 0.4) is 0 Å². The van der Waals surface area contributed by atoms with E-state index in [2.05, 4.69) is 6.07 Å². The molecule has 0 aromatic carbocycles. The number of rotatable bonds is 4. The molecule has 1 aliphatic carbocycles. The second-order valence-corrected chi connectivity index (χ2v) is 8.46. The third-order valence-electron chi connectivity index (χ3n) is 5.45. The Bertz CT molecular complexity index is 612. The van der Waals surface area contributed by atoms with Crippen molar-refractivity contribution in [3.8, 4) is 0 Å². The Morgan fingerprint density at radius 2 is 2.00 bits per heavy atom. The fourth-order valence-corrected chi connectivity index (χ4v) is 5.26. The quantitative estimate of drug-likeness (QED) is 0.888. The molecule has 2 aliphatic rings. The number of hydrogen-bond donors (Lipinski definition) is 1. The van der Waals surface area contributed by atoms with Crippen molar-refractivity contribution < 1.29 is 19.4 Å². The van der Waals surface area contributed by atoms with Gasteiger partial charge >= 0.3 is 5.97 Å². The van der Waals surface area contributed by atoms with Gasteiger partial charge in [0.05, 0.1) is 11.5 Å². The van der Waals surface area contributed by atoms with Crippen LogP contribution < -0.4 is 0 Å². The molecule has 138 valence electrons. The number of carboxylic acids is 1. The molecule has 0 saturated carbocycles. The van der Waals surface area contributed by atoms with E-state index < -0.39 is 11.4 Å². The maximum Gasteiger partial charge on any atom is 0.313 e. The number of piperidine rings is 1. The van der Waals surface area contributed by atoms with Gasteiger partial charge in [-0.1, -0.05) is 12.8 Å². The number of nitrogens with zero attached hydrogens (tertiary/aromatic N) is 1. The molecular weight excluding hydrogens is 338 g/mol. The van der Waals surface area contributed by atoms with E-state index in [-0.39, 0.29) is 19.1 Å². The molecule has 0 spiro atoms. The van der Waals surface area contributed by atoms with E-state index >= 15 is 0 Å². The summed E-state index contributed by atoms with van der Waals surface area (Å²) in [5, 5.41) is 9.67. The fraction of sp³-hybridized carbons (Fsp3) is 0.684. The first-order valence-electron chi connectivity index (χ1n) is 9.19. The van der Waals surface area contributed by atoms with E-state index in [0.717, 1.165) is 17.7 Å². The van der Waals surface area contributed by atoms with Crippen LogP contribution in [-0.2, 0) is 22.4 Å². The van der Waals surface area contributed by atoms with Crippen molar-refractivity contribution in [1.82, 2.24) is 4.90 Å². The van der Waals surface area contributed by atoms with Crippen molar-refractivity contribution in [3.05, 3.63) is 21.4 Å². The van der Waals surface area contributed by atoms with E-state index in [1.54, 1.807) is 16.2 Å². The molecule has 5 nitrogen and oxygen atoms in total. The zero-order chi connectivity index (χ0) is 17.9. The number of thiophene rings is 1. The van der Waals surface area contributed by atoms with Crippen LogP contribution in [0.15, 0.2) is 6.07 Å². The van der Waals surface area contributed by atoms with Crippen LogP contribution in [-0.4, -0.2) is 48.7 Å². The average molecular weight is 365 g/mol. The van der Waals surface area contributed by atoms with Crippen molar-refractivity contribution in [2.45, 2.75) is 51.4 Å². The molecule has 1 amide bonds. The van der Waals surface area contributed by atoms with Crippen LogP contribution in [0.25, 0.3) is 0 Å². The first kappa shape index (κ1) is 18.4. The van der Waals surface area contributed by atoms with E-state index in [1.807, 2.05) is 0 Å². The number of amides is 1. The fourth-order valence-electron chi connectivity index (χ4n) is 4.04. The van der Waals surface area contributed by atoms with Gasteiger partial charge < -0.3 is 14.7 Å². The number of fused-ring (bicyclic) bond motifs is 1. The summed E-state index contributed by atoms with van der Waals surface area (Å²) in [5.74, 6) is -0.886. The molecular formula is C19H27NO4S. The number of carbonyl (C=O) groups is 2. The lowest BCUT2D eigenvalue weighted by Gasteiger charge is -2.39. The van der Waals surface area contributed by atoms with E-state index in [1.165, 1.54) is 43.2 Å². The summed E-state index contributed by atoms with van der Waals surface area (Å²) in [6, 6.07) is 2.06. The van der Waals surface area contributed by atoms with Gasteiger partial charge in [-0.2, -0.15) is 0 Å². The molecule has 1 aliphatic heterocycles. The molecule has 1 atom stereocenters. The monoisotopic (exact) mass is 365 g/mol. The Labute approximate surface area is 153 Å². The standard InChI is InChI=1S/C19H27NO4S/c1-24-13-19(18(22)23)9-6-10-20(12-19)17(21)16-11-14-7-4-2-3-5-8-15(14)25-16/h11H,2-10,12-13H2,1H3,(H,22,23). The Kier molecular flexibility index (Phi) is 5.79. The molecule has 1 unspecified atom stereocenters. The summed E-state index contributed by atoms with van der Waals surface area (Å²) < 4.78 is 5.16. The average Bonchev–Trinajstić information content (AvgIpc) is 2.96. The van der Waals surface area contributed by atoms with Crippen molar-refractivity contribution in [3.63, 3.8) is 0 Å². The van der Waals surface area contributed by atoms with Gasteiger partial charge in [0.1, 0.15) is 5.41 Å². The molecule has 1 saturated heterocycles.